The number of carbonyl (C=O) groups excluding carboxylic acids is 2. The smallest absolute Gasteiger partial charge is 0.417 e. The standard InChI is InChI=1S/C27H22F3N3O3S/c1-14-32-23(24(37-14)19-5-2-3-7-20(19)27(28,29)30)26(35)33-16(11-15-12-21(15)33)13-31-25(34)18-6-4-8-22-17(18)9-10-36-22/h2-10,15-16,21H,11-13H2,1H3,(H,31,34)/t15-,16+,21+/m1/s1. The molecule has 37 heavy (non-hydrogen) atoms. The number of likely N-dealkylation sites (tertiary alicyclic amines) is 1. The SMILES string of the molecule is Cc1nc(C(=O)N2[C@H](CNC(=O)c3cccc4occc34)C[C@@H]3C[C@@H]32)c(-c2ccccc2C(F)(F)F)s1. The van der Waals surface area contributed by atoms with Crippen molar-refractivity contribution in [3.05, 3.63) is 76.6 Å². The molecule has 1 saturated carbocycles. The van der Waals surface area contributed by atoms with Crippen LogP contribution in [0, 0.1) is 12.8 Å². The number of carbonyl (C=O) groups is 2. The van der Waals surface area contributed by atoms with E-state index in [-0.39, 0.29) is 40.7 Å². The summed E-state index contributed by atoms with van der Waals surface area (Å²) >= 11 is 1.08. The first-order chi connectivity index (χ1) is 17.7. The maximum atomic E-state index is 13.8. The zero-order valence-corrected chi connectivity index (χ0v) is 20.5. The average molecular weight is 526 g/mol. The van der Waals surface area contributed by atoms with Crippen molar-refractivity contribution in [2.45, 2.75) is 38.0 Å². The highest BCUT2D eigenvalue weighted by atomic mass is 32.1. The van der Waals surface area contributed by atoms with Gasteiger partial charge in [0.15, 0.2) is 0 Å². The van der Waals surface area contributed by atoms with Crippen molar-refractivity contribution in [1.82, 2.24) is 15.2 Å². The van der Waals surface area contributed by atoms with Gasteiger partial charge in [0.1, 0.15) is 11.3 Å². The topological polar surface area (TPSA) is 75.4 Å². The molecule has 190 valence electrons. The number of rotatable bonds is 5. The number of hydrogen-bond donors (Lipinski definition) is 1. The fourth-order valence-electron chi connectivity index (χ4n) is 5.36. The highest BCUT2D eigenvalue weighted by Crippen LogP contribution is 2.49. The molecule has 1 aliphatic carbocycles. The van der Waals surface area contributed by atoms with Crippen molar-refractivity contribution in [1.29, 1.82) is 0 Å². The van der Waals surface area contributed by atoms with Crippen LogP contribution in [0.25, 0.3) is 21.4 Å². The van der Waals surface area contributed by atoms with E-state index >= 15 is 0 Å². The second kappa shape index (κ2) is 8.72. The van der Waals surface area contributed by atoms with Crippen LogP contribution in [0.1, 0.15) is 44.3 Å². The van der Waals surface area contributed by atoms with Gasteiger partial charge < -0.3 is 14.6 Å². The molecule has 1 N–H and O–H groups in total. The Balaban J connectivity index is 1.26. The van der Waals surface area contributed by atoms with Crippen molar-refractivity contribution in [3.8, 4) is 10.4 Å². The van der Waals surface area contributed by atoms with Gasteiger partial charge in [0, 0.05) is 23.5 Å². The summed E-state index contributed by atoms with van der Waals surface area (Å²) < 4.78 is 46.6. The lowest BCUT2D eigenvalue weighted by molar-refractivity contribution is -0.137. The van der Waals surface area contributed by atoms with E-state index in [4.69, 9.17) is 4.42 Å². The monoisotopic (exact) mass is 525 g/mol. The van der Waals surface area contributed by atoms with Gasteiger partial charge in [-0.2, -0.15) is 13.2 Å². The number of fused-ring (bicyclic) bond motifs is 2. The Morgan fingerprint density at radius 2 is 1.95 bits per heavy atom. The normalized spacial score (nSPS) is 20.8. The predicted octanol–water partition coefficient (Wildman–Crippen LogP) is 5.92. The molecule has 10 heteroatoms. The zero-order chi connectivity index (χ0) is 25.9. The number of nitrogens with zero attached hydrogens (tertiary/aromatic N) is 2. The van der Waals surface area contributed by atoms with Crippen molar-refractivity contribution in [3.63, 3.8) is 0 Å². The van der Waals surface area contributed by atoms with Gasteiger partial charge in [-0.05, 0) is 49.9 Å². The molecule has 6 nitrogen and oxygen atoms in total. The molecule has 0 unspecified atom stereocenters. The first kappa shape index (κ1) is 23.7. The summed E-state index contributed by atoms with van der Waals surface area (Å²) in [4.78, 5) is 33.0. The van der Waals surface area contributed by atoms with Gasteiger partial charge in [0.25, 0.3) is 11.8 Å². The van der Waals surface area contributed by atoms with Gasteiger partial charge >= 0.3 is 6.18 Å². The minimum Gasteiger partial charge on any atom is -0.464 e. The summed E-state index contributed by atoms with van der Waals surface area (Å²) in [5.41, 5.74) is 0.279. The van der Waals surface area contributed by atoms with Crippen molar-refractivity contribution in [2.24, 2.45) is 5.92 Å². The van der Waals surface area contributed by atoms with Gasteiger partial charge in [-0.15, -0.1) is 11.3 Å². The molecule has 2 aromatic carbocycles. The first-order valence-electron chi connectivity index (χ1n) is 11.9. The van der Waals surface area contributed by atoms with Crippen LogP contribution in [0.2, 0.25) is 0 Å². The molecule has 6 rings (SSSR count). The third kappa shape index (κ3) is 4.19. The number of alkyl halides is 3. The molecule has 0 radical (unpaired) electrons. The van der Waals surface area contributed by atoms with Crippen LogP contribution in [0.15, 0.2) is 59.2 Å². The van der Waals surface area contributed by atoms with Crippen LogP contribution in [-0.4, -0.2) is 40.3 Å². The molecule has 2 aliphatic rings. The molecule has 2 fully saturated rings. The molecule has 0 spiro atoms. The lowest BCUT2D eigenvalue weighted by Crippen LogP contribution is -2.45. The number of aryl methyl sites for hydroxylation is 1. The number of furan rings is 1. The number of aromatic nitrogens is 1. The third-order valence-corrected chi connectivity index (χ3v) is 8.10. The quantitative estimate of drug-likeness (QED) is 0.351. The van der Waals surface area contributed by atoms with E-state index in [1.54, 1.807) is 36.1 Å². The molecule has 4 aromatic rings. The lowest BCUT2D eigenvalue weighted by Gasteiger charge is -2.28. The summed E-state index contributed by atoms with van der Waals surface area (Å²) in [6, 6.07) is 12.0. The summed E-state index contributed by atoms with van der Waals surface area (Å²) in [6.07, 6.45) is -1.46. The van der Waals surface area contributed by atoms with Crippen LogP contribution >= 0.6 is 11.3 Å². The molecule has 1 aliphatic heterocycles. The summed E-state index contributed by atoms with van der Waals surface area (Å²) in [7, 11) is 0. The Bertz CT molecular complexity index is 1530. The number of piperidine rings is 1. The number of benzene rings is 2. The van der Waals surface area contributed by atoms with Gasteiger partial charge in [0.05, 0.1) is 33.3 Å². The second-order valence-corrected chi connectivity index (χ2v) is 10.7. The molecule has 2 amide bonds. The minimum atomic E-state index is -4.56. The van der Waals surface area contributed by atoms with Crippen LogP contribution in [0.3, 0.4) is 0 Å². The van der Waals surface area contributed by atoms with E-state index in [9.17, 15) is 22.8 Å². The minimum absolute atomic E-state index is 0.0134. The number of thiazole rings is 1. The molecular weight excluding hydrogens is 503 g/mol. The van der Waals surface area contributed by atoms with E-state index in [2.05, 4.69) is 10.3 Å². The second-order valence-electron chi connectivity index (χ2n) is 9.47. The zero-order valence-electron chi connectivity index (χ0n) is 19.7. The Labute approximate surface area is 214 Å². The summed E-state index contributed by atoms with van der Waals surface area (Å²) in [5, 5.41) is 4.16. The maximum absolute atomic E-state index is 13.8. The van der Waals surface area contributed by atoms with Crippen LogP contribution < -0.4 is 5.32 Å². The number of halogens is 3. The number of amides is 2. The average Bonchev–Trinajstić information content (AvgIpc) is 3.21. The Hall–Kier alpha value is -3.66. The lowest BCUT2D eigenvalue weighted by atomic mass is 10.0. The predicted molar refractivity (Wildman–Crippen MR) is 132 cm³/mol. The maximum Gasteiger partial charge on any atom is 0.417 e. The largest absolute Gasteiger partial charge is 0.464 e. The molecule has 0 bridgehead atoms. The Morgan fingerprint density at radius 3 is 2.76 bits per heavy atom. The van der Waals surface area contributed by atoms with E-state index in [0.29, 0.717) is 27.5 Å². The van der Waals surface area contributed by atoms with E-state index in [1.165, 1.54) is 24.5 Å². The van der Waals surface area contributed by atoms with Crippen molar-refractivity contribution >= 4 is 34.1 Å². The fourth-order valence-corrected chi connectivity index (χ4v) is 6.31. The molecule has 3 heterocycles. The third-order valence-electron chi connectivity index (χ3n) is 7.10. The van der Waals surface area contributed by atoms with Crippen LogP contribution in [0.5, 0.6) is 0 Å². The van der Waals surface area contributed by atoms with E-state index in [0.717, 1.165) is 30.2 Å². The summed E-state index contributed by atoms with van der Waals surface area (Å²) in [6.45, 7) is 1.92. The molecule has 3 atom stereocenters. The van der Waals surface area contributed by atoms with Crippen molar-refractivity contribution < 1.29 is 27.2 Å². The van der Waals surface area contributed by atoms with Gasteiger partial charge in [-0.1, -0.05) is 24.3 Å². The summed E-state index contributed by atoms with van der Waals surface area (Å²) in [5.74, 6) is -0.337. The Morgan fingerprint density at radius 1 is 1.14 bits per heavy atom. The highest BCUT2D eigenvalue weighted by molar-refractivity contribution is 7.15. The first-order valence-corrected chi connectivity index (χ1v) is 12.7. The van der Waals surface area contributed by atoms with Gasteiger partial charge in [-0.25, -0.2) is 4.98 Å². The Kier molecular flexibility index (Phi) is 5.59. The van der Waals surface area contributed by atoms with Gasteiger partial charge in [-0.3, -0.25) is 9.59 Å². The van der Waals surface area contributed by atoms with E-state index < -0.39 is 17.6 Å². The van der Waals surface area contributed by atoms with Crippen LogP contribution in [0.4, 0.5) is 13.2 Å². The van der Waals surface area contributed by atoms with Gasteiger partial charge in [0.2, 0.25) is 0 Å². The molecular formula is C27H22F3N3O3S. The fraction of sp³-hybridized carbons (Fsp3) is 0.296. The molecule has 2 aromatic heterocycles. The number of nitrogens with one attached hydrogen (secondary N) is 1. The molecule has 1 saturated heterocycles. The van der Waals surface area contributed by atoms with E-state index in [1.807, 2.05) is 0 Å². The highest BCUT2D eigenvalue weighted by Gasteiger charge is 2.54. The van der Waals surface area contributed by atoms with Crippen LogP contribution in [-0.2, 0) is 6.18 Å². The van der Waals surface area contributed by atoms with Crippen molar-refractivity contribution in [2.75, 3.05) is 6.54 Å². The number of hydrogen-bond acceptors (Lipinski definition) is 5.